The predicted octanol–water partition coefficient (Wildman–Crippen LogP) is 3.07. The summed E-state index contributed by atoms with van der Waals surface area (Å²) in [7, 11) is 1.18. The third-order valence-corrected chi connectivity index (χ3v) is 3.14. The normalized spacial score (nSPS) is 11.3. The molecule has 0 radical (unpaired) electrons. The molecule has 0 saturated carbocycles. The van der Waals surface area contributed by atoms with Crippen LogP contribution in [0, 0.1) is 0 Å². The molecule has 0 spiro atoms. The van der Waals surface area contributed by atoms with E-state index in [1.165, 1.54) is 36.8 Å². The Morgan fingerprint density at radius 3 is 2.61 bits per heavy atom. The Hall–Kier alpha value is -1.82. The summed E-state index contributed by atoms with van der Waals surface area (Å²) in [6.45, 7) is 0. The minimum atomic E-state index is -3.22. The molecule has 0 saturated heterocycles. The number of esters is 1. The first-order valence-corrected chi connectivity index (χ1v) is 5.91. The van der Waals surface area contributed by atoms with Crippen LogP contribution in [0.4, 0.5) is 8.78 Å². The molecule has 0 atom stereocenters. The summed E-state index contributed by atoms with van der Waals surface area (Å²) in [4.78, 5) is 14.8. The zero-order chi connectivity index (χ0) is 13.2. The number of carbonyl (C=O) groups is 1. The van der Waals surface area contributed by atoms with E-state index < -0.39 is 17.6 Å². The van der Waals surface area contributed by atoms with Crippen molar-refractivity contribution in [2.24, 2.45) is 0 Å². The summed E-state index contributed by atoms with van der Waals surface area (Å²) >= 11 is 0.838. The number of hydrogen-bond donors (Lipinski definition) is 0. The van der Waals surface area contributed by atoms with E-state index in [9.17, 15) is 13.6 Å². The molecule has 0 aliphatic rings. The second kappa shape index (κ2) is 4.81. The van der Waals surface area contributed by atoms with Crippen LogP contribution in [-0.4, -0.2) is 18.1 Å². The number of hydrogen-bond acceptors (Lipinski definition) is 4. The van der Waals surface area contributed by atoms with Gasteiger partial charge in [-0.2, -0.15) is 8.78 Å². The van der Waals surface area contributed by atoms with Crippen molar-refractivity contribution in [3.05, 3.63) is 52.0 Å². The van der Waals surface area contributed by atoms with E-state index in [1.807, 2.05) is 0 Å². The third-order valence-electron chi connectivity index (χ3n) is 2.32. The van der Waals surface area contributed by atoms with Crippen LogP contribution >= 0.6 is 11.3 Å². The quantitative estimate of drug-likeness (QED) is 0.804. The van der Waals surface area contributed by atoms with Gasteiger partial charge in [-0.05, 0) is 0 Å². The molecule has 1 aromatic heterocycles. The Kier molecular flexibility index (Phi) is 3.38. The van der Waals surface area contributed by atoms with E-state index in [4.69, 9.17) is 0 Å². The molecule has 1 heterocycles. The number of ether oxygens (including phenoxy) is 1. The van der Waals surface area contributed by atoms with Crippen molar-refractivity contribution in [1.29, 1.82) is 0 Å². The molecular formula is C12H9F2NO2S. The van der Waals surface area contributed by atoms with Gasteiger partial charge >= 0.3 is 11.9 Å². The van der Waals surface area contributed by atoms with Crippen molar-refractivity contribution in [1.82, 2.24) is 4.98 Å². The zero-order valence-electron chi connectivity index (χ0n) is 9.39. The molecule has 0 bridgehead atoms. The number of carbonyl (C=O) groups excluding carboxylic acids is 1. The zero-order valence-corrected chi connectivity index (χ0v) is 10.2. The fourth-order valence-corrected chi connectivity index (χ4v) is 2.15. The SMILES string of the molecule is COC(=O)c1nc(C(F)(F)c2ccccc2)cs1. The predicted molar refractivity (Wildman–Crippen MR) is 62.9 cm³/mol. The molecule has 2 aromatic rings. The molecular weight excluding hydrogens is 260 g/mol. The van der Waals surface area contributed by atoms with Crippen molar-refractivity contribution in [2.45, 2.75) is 5.92 Å². The van der Waals surface area contributed by atoms with Gasteiger partial charge in [0.25, 0.3) is 0 Å². The summed E-state index contributed by atoms with van der Waals surface area (Å²) in [6.07, 6.45) is 0. The first kappa shape index (κ1) is 12.6. The Morgan fingerprint density at radius 2 is 2.00 bits per heavy atom. The number of rotatable bonds is 3. The Balaban J connectivity index is 2.36. The molecule has 0 N–H and O–H groups in total. The van der Waals surface area contributed by atoms with Crippen molar-refractivity contribution in [3.63, 3.8) is 0 Å². The van der Waals surface area contributed by atoms with E-state index in [0.717, 1.165) is 11.3 Å². The number of thiazole rings is 1. The molecule has 0 fully saturated rings. The number of methoxy groups -OCH3 is 1. The van der Waals surface area contributed by atoms with Gasteiger partial charge in [0.05, 0.1) is 7.11 Å². The van der Waals surface area contributed by atoms with E-state index in [2.05, 4.69) is 9.72 Å². The number of benzene rings is 1. The fourth-order valence-electron chi connectivity index (χ4n) is 1.39. The van der Waals surface area contributed by atoms with Gasteiger partial charge < -0.3 is 4.74 Å². The topological polar surface area (TPSA) is 39.2 Å². The molecule has 6 heteroatoms. The fraction of sp³-hybridized carbons (Fsp3) is 0.167. The van der Waals surface area contributed by atoms with Crippen LogP contribution in [0.2, 0.25) is 0 Å². The maximum absolute atomic E-state index is 14.1. The highest BCUT2D eigenvalue weighted by atomic mass is 32.1. The van der Waals surface area contributed by atoms with Crippen LogP contribution < -0.4 is 0 Å². The standard InChI is InChI=1S/C12H9F2NO2S/c1-17-11(16)10-15-9(7-18-10)12(13,14)8-5-3-2-4-6-8/h2-7H,1H3. The second-order valence-corrected chi connectivity index (χ2v) is 4.33. The van der Waals surface area contributed by atoms with Crippen molar-refractivity contribution in [3.8, 4) is 0 Å². The van der Waals surface area contributed by atoms with E-state index in [0.29, 0.717) is 0 Å². The minimum absolute atomic E-state index is 0.0805. The van der Waals surface area contributed by atoms with Crippen LogP contribution in [0.1, 0.15) is 21.1 Å². The number of aromatic nitrogens is 1. The van der Waals surface area contributed by atoms with E-state index in [1.54, 1.807) is 6.07 Å². The van der Waals surface area contributed by atoms with Crippen LogP contribution in [0.5, 0.6) is 0 Å². The highest BCUT2D eigenvalue weighted by Gasteiger charge is 2.37. The summed E-state index contributed by atoms with van der Waals surface area (Å²) in [5.74, 6) is -3.93. The van der Waals surface area contributed by atoms with Gasteiger partial charge in [0.15, 0.2) is 0 Å². The highest BCUT2D eigenvalue weighted by Crippen LogP contribution is 2.35. The molecule has 94 valence electrons. The van der Waals surface area contributed by atoms with E-state index in [-0.39, 0.29) is 10.6 Å². The molecule has 3 nitrogen and oxygen atoms in total. The first-order valence-electron chi connectivity index (χ1n) is 5.03. The largest absolute Gasteiger partial charge is 0.464 e. The maximum Gasteiger partial charge on any atom is 0.367 e. The van der Waals surface area contributed by atoms with Gasteiger partial charge in [0.2, 0.25) is 5.01 Å². The monoisotopic (exact) mass is 269 g/mol. The van der Waals surface area contributed by atoms with Crippen LogP contribution in [0.3, 0.4) is 0 Å². The average molecular weight is 269 g/mol. The van der Waals surface area contributed by atoms with Gasteiger partial charge in [0.1, 0.15) is 5.69 Å². The van der Waals surface area contributed by atoms with Gasteiger partial charge in [-0.1, -0.05) is 30.3 Å². The Bertz CT molecular complexity index is 554. The van der Waals surface area contributed by atoms with Crippen LogP contribution in [-0.2, 0) is 10.7 Å². The maximum atomic E-state index is 14.1. The highest BCUT2D eigenvalue weighted by molar-refractivity contribution is 7.11. The van der Waals surface area contributed by atoms with Crippen molar-refractivity contribution < 1.29 is 18.3 Å². The Morgan fingerprint density at radius 1 is 1.33 bits per heavy atom. The van der Waals surface area contributed by atoms with E-state index >= 15 is 0 Å². The summed E-state index contributed by atoms with van der Waals surface area (Å²) < 4.78 is 32.6. The van der Waals surface area contributed by atoms with Gasteiger partial charge in [-0.15, -0.1) is 11.3 Å². The van der Waals surface area contributed by atoms with Crippen LogP contribution in [0.15, 0.2) is 35.7 Å². The number of alkyl halides is 2. The lowest BCUT2D eigenvalue weighted by Crippen LogP contribution is -2.16. The molecule has 18 heavy (non-hydrogen) atoms. The lowest BCUT2D eigenvalue weighted by atomic mass is 10.1. The number of halogens is 2. The first-order chi connectivity index (χ1) is 8.55. The molecule has 2 rings (SSSR count). The lowest BCUT2D eigenvalue weighted by molar-refractivity contribution is 0.0382. The van der Waals surface area contributed by atoms with Gasteiger partial charge in [-0.25, -0.2) is 9.78 Å². The molecule has 0 unspecified atom stereocenters. The molecule has 0 aliphatic heterocycles. The molecule has 0 amide bonds. The smallest absolute Gasteiger partial charge is 0.367 e. The molecule has 0 aliphatic carbocycles. The minimum Gasteiger partial charge on any atom is -0.464 e. The summed E-state index contributed by atoms with van der Waals surface area (Å²) in [5, 5.41) is 1.09. The Labute approximate surface area is 106 Å². The van der Waals surface area contributed by atoms with Crippen LogP contribution in [0.25, 0.3) is 0 Å². The second-order valence-electron chi connectivity index (χ2n) is 3.47. The number of nitrogens with zero attached hydrogens (tertiary/aromatic N) is 1. The van der Waals surface area contributed by atoms with Crippen molar-refractivity contribution in [2.75, 3.05) is 7.11 Å². The summed E-state index contributed by atoms with van der Waals surface area (Å²) in [5.41, 5.74) is -0.606. The van der Waals surface area contributed by atoms with Crippen molar-refractivity contribution >= 4 is 17.3 Å². The lowest BCUT2D eigenvalue weighted by Gasteiger charge is -2.13. The van der Waals surface area contributed by atoms with Gasteiger partial charge in [0, 0.05) is 10.9 Å². The van der Waals surface area contributed by atoms with Gasteiger partial charge in [-0.3, -0.25) is 0 Å². The average Bonchev–Trinajstić information content (AvgIpc) is 2.89. The third kappa shape index (κ3) is 2.24. The molecule has 1 aromatic carbocycles. The summed E-state index contributed by atoms with van der Waals surface area (Å²) in [6, 6.07) is 7.34.